The van der Waals surface area contributed by atoms with Gasteiger partial charge in [0.2, 0.25) is 0 Å². The summed E-state index contributed by atoms with van der Waals surface area (Å²) in [7, 11) is 0. The van der Waals surface area contributed by atoms with E-state index in [1.807, 2.05) is 0 Å². The molecule has 0 aliphatic heterocycles. The van der Waals surface area contributed by atoms with Gasteiger partial charge in [0, 0.05) is 5.25 Å². The third kappa shape index (κ3) is 9.21. The third-order valence-corrected chi connectivity index (χ3v) is 3.34. The Hall–Kier alpha value is 0.270. The van der Waals surface area contributed by atoms with Crippen LogP contribution >= 0.6 is 12.6 Å². The van der Waals surface area contributed by atoms with Gasteiger partial charge in [-0.1, -0.05) is 51.9 Å². The first-order valence-electron chi connectivity index (χ1n) is 6.19. The van der Waals surface area contributed by atoms with Gasteiger partial charge in [0.05, 0.1) is 12.7 Å². The van der Waals surface area contributed by atoms with Crippen LogP contribution in [0.15, 0.2) is 0 Å². The molecule has 15 heavy (non-hydrogen) atoms. The molecule has 0 spiro atoms. The molecule has 2 unspecified atom stereocenters. The first-order valence-corrected chi connectivity index (χ1v) is 6.71. The fourth-order valence-electron chi connectivity index (χ4n) is 1.62. The third-order valence-electron chi connectivity index (χ3n) is 2.73. The van der Waals surface area contributed by atoms with Gasteiger partial charge in [0.25, 0.3) is 0 Å². The smallest absolute Gasteiger partial charge is 0.0886 e. The van der Waals surface area contributed by atoms with Gasteiger partial charge in [-0.2, -0.15) is 12.6 Å². The van der Waals surface area contributed by atoms with Crippen molar-refractivity contribution in [1.29, 1.82) is 0 Å². The van der Waals surface area contributed by atoms with E-state index in [-0.39, 0.29) is 11.9 Å². The highest BCUT2D eigenvalue weighted by Gasteiger charge is 2.12. The Balaban J connectivity index is 3.16. The standard InChI is InChI=1S/C12H26O2S/c1-2-3-4-5-6-7-8-9-12(15)11(14)10-13/h11-15H,2-10H2,1H3. The van der Waals surface area contributed by atoms with E-state index in [0.717, 1.165) is 12.8 Å². The SMILES string of the molecule is CCCCCCCCCC(S)C(O)CO. The summed E-state index contributed by atoms with van der Waals surface area (Å²) in [6, 6.07) is 0. The summed E-state index contributed by atoms with van der Waals surface area (Å²) in [6.45, 7) is 2.05. The predicted molar refractivity (Wildman–Crippen MR) is 68.5 cm³/mol. The monoisotopic (exact) mass is 234 g/mol. The molecule has 2 N–H and O–H groups in total. The van der Waals surface area contributed by atoms with Crippen LogP contribution in [-0.4, -0.2) is 28.2 Å². The van der Waals surface area contributed by atoms with Crippen LogP contribution in [0, 0.1) is 0 Å². The number of unbranched alkanes of at least 4 members (excludes halogenated alkanes) is 6. The normalized spacial score (nSPS) is 15.2. The fourth-order valence-corrected chi connectivity index (χ4v) is 1.90. The van der Waals surface area contributed by atoms with E-state index in [1.54, 1.807) is 0 Å². The van der Waals surface area contributed by atoms with Crippen molar-refractivity contribution in [2.24, 2.45) is 0 Å². The quantitative estimate of drug-likeness (QED) is 0.402. The van der Waals surface area contributed by atoms with Crippen LogP contribution in [0.1, 0.15) is 58.3 Å². The van der Waals surface area contributed by atoms with Crippen molar-refractivity contribution in [2.75, 3.05) is 6.61 Å². The molecule has 3 heteroatoms. The highest BCUT2D eigenvalue weighted by Crippen LogP contribution is 2.14. The van der Waals surface area contributed by atoms with E-state index in [9.17, 15) is 5.11 Å². The first-order chi connectivity index (χ1) is 7.22. The Morgan fingerprint density at radius 2 is 1.53 bits per heavy atom. The predicted octanol–water partition coefficient (Wildman–Crippen LogP) is 2.78. The van der Waals surface area contributed by atoms with Crippen LogP contribution in [-0.2, 0) is 0 Å². The van der Waals surface area contributed by atoms with Crippen LogP contribution in [0.4, 0.5) is 0 Å². The van der Waals surface area contributed by atoms with Crippen molar-refractivity contribution in [1.82, 2.24) is 0 Å². The largest absolute Gasteiger partial charge is 0.394 e. The van der Waals surface area contributed by atoms with Gasteiger partial charge < -0.3 is 10.2 Å². The Kier molecular flexibility index (Phi) is 11.0. The zero-order valence-corrected chi connectivity index (χ0v) is 10.8. The lowest BCUT2D eigenvalue weighted by Gasteiger charge is -2.15. The molecule has 0 aliphatic carbocycles. The van der Waals surface area contributed by atoms with Gasteiger partial charge in [0.1, 0.15) is 0 Å². The van der Waals surface area contributed by atoms with Crippen molar-refractivity contribution < 1.29 is 10.2 Å². The molecule has 0 saturated carbocycles. The molecule has 2 nitrogen and oxygen atoms in total. The molecule has 2 atom stereocenters. The van der Waals surface area contributed by atoms with Crippen LogP contribution < -0.4 is 0 Å². The molecule has 0 saturated heterocycles. The average molecular weight is 234 g/mol. The van der Waals surface area contributed by atoms with Gasteiger partial charge in [-0.25, -0.2) is 0 Å². The molecule has 0 aromatic heterocycles. The average Bonchev–Trinajstić information content (AvgIpc) is 2.26. The van der Waals surface area contributed by atoms with Crippen molar-refractivity contribution in [3.8, 4) is 0 Å². The Bertz CT molecular complexity index is 131. The Morgan fingerprint density at radius 1 is 1.00 bits per heavy atom. The van der Waals surface area contributed by atoms with Gasteiger partial charge in [0.15, 0.2) is 0 Å². The Morgan fingerprint density at radius 3 is 2.07 bits per heavy atom. The second-order valence-electron chi connectivity index (χ2n) is 4.23. The minimum absolute atomic E-state index is 0.0642. The minimum atomic E-state index is -0.659. The van der Waals surface area contributed by atoms with Crippen LogP contribution in [0.2, 0.25) is 0 Å². The van der Waals surface area contributed by atoms with Gasteiger partial charge in [-0.15, -0.1) is 0 Å². The second-order valence-corrected chi connectivity index (χ2v) is 4.89. The molecule has 0 radical (unpaired) electrons. The Labute approximate surface area is 99.5 Å². The lowest BCUT2D eigenvalue weighted by Crippen LogP contribution is -2.24. The van der Waals surface area contributed by atoms with Crippen molar-refractivity contribution >= 4 is 12.6 Å². The van der Waals surface area contributed by atoms with Crippen molar-refractivity contribution in [2.45, 2.75) is 69.6 Å². The number of hydrogen-bond acceptors (Lipinski definition) is 3. The van der Waals surface area contributed by atoms with E-state index in [4.69, 9.17) is 5.11 Å². The first kappa shape index (κ1) is 15.3. The maximum absolute atomic E-state index is 9.27. The topological polar surface area (TPSA) is 40.5 Å². The molecule has 0 aromatic carbocycles. The summed E-state index contributed by atoms with van der Waals surface area (Å²) >= 11 is 4.25. The zero-order valence-electron chi connectivity index (χ0n) is 9.86. The van der Waals surface area contributed by atoms with Gasteiger partial charge in [-0.05, 0) is 6.42 Å². The molecule has 0 amide bonds. The van der Waals surface area contributed by atoms with E-state index in [2.05, 4.69) is 19.6 Å². The summed E-state index contributed by atoms with van der Waals surface area (Å²) in [5.74, 6) is 0. The molecule has 0 aliphatic rings. The van der Waals surface area contributed by atoms with Crippen LogP contribution in [0.5, 0.6) is 0 Å². The maximum atomic E-state index is 9.27. The number of thiol groups is 1. The number of aliphatic hydroxyl groups excluding tert-OH is 2. The van der Waals surface area contributed by atoms with E-state index >= 15 is 0 Å². The van der Waals surface area contributed by atoms with E-state index < -0.39 is 6.10 Å². The summed E-state index contributed by atoms with van der Waals surface area (Å²) in [5, 5.41) is 17.9. The summed E-state index contributed by atoms with van der Waals surface area (Å²) in [5.41, 5.74) is 0. The molecule has 0 aromatic rings. The summed E-state index contributed by atoms with van der Waals surface area (Å²) in [6.07, 6.45) is 9.17. The van der Waals surface area contributed by atoms with Crippen LogP contribution in [0.25, 0.3) is 0 Å². The van der Waals surface area contributed by atoms with Crippen LogP contribution in [0.3, 0.4) is 0 Å². The van der Waals surface area contributed by atoms with Crippen molar-refractivity contribution in [3.05, 3.63) is 0 Å². The molecular weight excluding hydrogens is 208 g/mol. The second kappa shape index (κ2) is 10.8. The maximum Gasteiger partial charge on any atom is 0.0886 e. The molecule has 0 rings (SSSR count). The highest BCUT2D eigenvalue weighted by atomic mass is 32.1. The summed E-state index contributed by atoms with van der Waals surface area (Å²) < 4.78 is 0. The minimum Gasteiger partial charge on any atom is -0.394 e. The van der Waals surface area contributed by atoms with Gasteiger partial charge in [-0.3, -0.25) is 0 Å². The highest BCUT2D eigenvalue weighted by molar-refractivity contribution is 7.81. The zero-order chi connectivity index (χ0) is 11.5. The molecule has 0 bridgehead atoms. The fraction of sp³-hybridized carbons (Fsp3) is 1.00. The lowest BCUT2D eigenvalue weighted by molar-refractivity contribution is 0.0912. The molecule has 0 heterocycles. The van der Waals surface area contributed by atoms with E-state index in [1.165, 1.54) is 38.5 Å². The van der Waals surface area contributed by atoms with Gasteiger partial charge >= 0.3 is 0 Å². The van der Waals surface area contributed by atoms with E-state index in [0.29, 0.717) is 0 Å². The molecular formula is C12H26O2S. The molecule has 0 fully saturated rings. The lowest BCUT2D eigenvalue weighted by atomic mass is 10.1. The summed E-state index contributed by atoms with van der Waals surface area (Å²) in [4.78, 5) is 0. The number of aliphatic hydroxyl groups is 2. The number of hydrogen-bond donors (Lipinski definition) is 3. The van der Waals surface area contributed by atoms with Crippen molar-refractivity contribution in [3.63, 3.8) is 0 Å². The number of rotatable bonds is 10. The molecule has 92 valence electrons.